The lowest BCUT2D eigenvalue weighted by atomic mass is 9.80. The molecule has 2 aromatic rings. The van der Waals surface area contributed by atoms with Gasteiger partial charge in [-0.15, -0.1) is 0 Å². The third kappa shape index (κ3) is 5.60. The first-order chi connectivity index (χ1) is 14.2. The Morgan fingerprint density at radius 1 is 0.931 bits per heavy atom. The van der Waals surface area contributed by atoms with Gasteiger partial charge in [-0.05, 0) is 80.1 Å². The number of ether oxygens (including phenoxy) is 1. The maximum absolute atomic E-state index is 11.5. The van der Waals surface area contributed by atoms with E-state index in [1.54, 1.807) is 6.92 Å². The molecular weight excluding hydrogens is 358 g/mol. The fourth-order valence-corrected chi connectivity index (χ4v) is 5.17. The summed E-state index contributed by atoms with van der Waals surface area (Å²) in [4.78, 5) is 14.1. The molecule has 1 aliphatic heterocycles. The number of likely N-dealkylation sites (tertiary alicyclic amines) is 1. The Balaban J connectivity index is 1.20. The van der Waals surface area contributed by atoms with Crippen molar-refractivity contribution in [1.29, 1.82) is 0 Å². The standard InChI is InChI=1S/C26H35NO2/c1-20(28)23-7-8-25-19-26(10-9-24(25)18-23)29-16-15-27-13-11-22(12-14-27)17-21-5-3-2-4-6-21/h7-10,18-19,21-22H,2-6,11-17H2,1H3. The molecule has 29 heavy (non-hydrogen) atoms. The molecule has 0 N–H and O–H groups in total. The van der Waals surface area contributed by atoms with Crippen LogP contribution in [0.4, 0.5) is 0 Å². The van der Waals surface area contributed by atoms with Crippen LogP contribution in [0.3, 0.4) is 0 Å². The second-order valence-electron chi connectivity index (χ2n) is 9.15. The molecule has 2 aliphatic rings. The van der Waals surface area contributed by atoms with Crippen LogP contribution in [0, 0.1) is 11.8 Å². The van der Waals surface area contributed by atoms with Gasteiger partial charge in [0.05, 0.1) is 0 Å². The molecule has 2 fully saturated rings. The van der Waals surface area contributed by atoms with Gasteiger partial charge in [0.2, 0.25) is 0 Å². The molecule has 3 nitrogen and oxygen atoms in total. The highest BCUT2D eigenvalue weighted by molar-refractivity contribution is 5.98. The molecule has 2 aromatic carbocycles. The van der Waals surface area contributed by atoms with Crippen molar-refractivity contribution >= 4 is 16.6 Å². The zero-order valence-electron chi connectivity index (χ0n) is 17.9. The second kappa shape index (κ2) is 9.75. The molecule has 4 rings (SSSR count). The smallest absolute Gasteiger partial charge is 0.159 e. The Hall–Kier alpha value is -1.87. The molecule has 0 atom stereocenters. The number of Topliss-reactive ketones (excluding diaryl/α,β-unsaturated/α-hetero) is 1. The molecular formula is C26H35NO2. The van der Waals surface area contributed by atoms with Crippen LogP contribution < -0.4 is 4.74 Å². The van der Waals surface area contributed by atoms with E-state index < -0.39 is 0 Å². The summed E-state index contributed by atoms with van der Waals surface area (Å²) >= 11 is 0. The molecule has 3 heteroatoms. The van der Waals surface area contributed by atoms with Gasteiger partial charge in [-0.25, -0.2) is 0 Å². The van der Waals surface area contributed by atoms with Gasteiger partial charge in [-0.2, -0.15) is 0 Å². The molecule has 0 unspecified atom stereocenters. The molecule has 1 heterocycles. The quantitative estimate of drug-likeness (QED) is 0.532. The van der Waals surface area contributed by atoms with Gasteiger partial charge in [-0.1, -0.05) is 50.3 Å². The Labute approximate surface area is 175 Å². The summed E-state index contributed by atoms with van der Waals surface area (Å²) in [7, 11) is 0. The van der Waals surface area contributed by atoms with E-state index in [2.05, 4.69) is 11.0 Å². The molecule has 1 saturated heterocycles. The number of rotatable bonds is 7. The van der Waals surface area contributed by atoms with Gasteiger partial charge in [-0.3, -0.25) is 9.69 Å². The predicted molar refractivity (Wildman–Crippen MR) is 120 cm³/mol. The van der Waals surface area contributed by atoms with E-state index in [4.69, 9.17) is 4.74 Å². The first kappa shape index (κ1) is 20.4. The summed E-state index contributed by atoms with van der Waals surface area (Å²) < 4.78 is 6.03. The lowest BCUT2D eigenvalue weighted by molar-refractivity contribution is 0.101. The van der Waals surface area contributed by atoms with Gasteiger partial charge in [0.25, 0.3) is 0 Å². The number of hydrogen-bond acceptors (Lipinski definition) is 3. The number of piperidine rings is 1. The summed E-state index contributed by atoms with van der Waals surface area (Å²) in [6, 6.07) is 12.0. The Kier molecular flexibility index (Phi) is 6.86. The lowest BCUT2D eigenvalue weighted by Crippen LogP contribution is -2.37. The maximum Gasteiger partial charge on any atom is 0.159 e. The number of carbonyl (C=O) groups is 1. The largest absolute Gasteiger partial charge is 0.492 e. The minimum Gasteiger partial charge on any atom is -0.492 e. The van der Waals surface area contributed by atoms with Gasteiger partial charge in [0, 0.05) is 12.1 Å². The topological polar surface area (TPSA) is 29.5 Å². The van der Waals surface area contributed by atoms with Crippen LogP contribution in [0.25, 0.3) is 10.8 Å². The number of benzene rings is 2. The molecule has 0 aromatic heterocycles. The zero-order valence-corrected chi connectivity index (χ0v) is 17.9. The molecule has 1 aliphatic carbocycles. The summed E-state index contributed by atoms with van der Waals surface area (Å²) in [5, 5.41) is 2.21. The minimum atomic E-state index is 0.106. The number of ketones is 1. The van der Waals surface area contributed by atoms with E-state index in [1.807, 2.05) is 30.3 Å². The first-order valence-corrected chi connectivity index (χ1v) is 11.6. The second-order valence-corrected chi connectivity index (χ2v) is 9.15. The predicted octanol–water partition coefficient (Wildman–Crippen LogP) is 6.10. The molecule has 0 spiro atoms. The van der Waals surface area contributed by atoms with Crippen LogP contribution in [0.2, 0.25) is 0 Å². The maximum atomic E-state index is 11.5. The van der Waals surface area contributed by atoms with E-state index in [0.717, 1.165) is 47.1 Å². The molecule has 0 radical (unpaired) electrons. The normalized spacial score (nSPS) is 19.5. The van der Waals surface area contributed by atoms with Crippen molar-refractivity contribution in [1.82, 2.24) is 4.90 Å². The molecule has 0 amide bonds. The van der Waals surface area contributed by atoms with Crippen LogP contribution >= 0.6 is 0 Å². The fraction of sp³-hybridized carbons (Fsp3) is 0.577. The molecule has 1 saturated carbocycles. The Morgan fingerprint density at radius 3 is 2.38 bits per heavy atom. The summed E-state index contributed by atoms with van der Waals surface area (Å²) in [5.41, 5.74) is 0.762. The van der Waals surface area contributed by atoms with Crippen molar-refractivity contribution in [2.45, 2.75) is 58.3 Å². The highest BCUT2D eigenvalue weighted by Crippen LogP contribution is 2.32. The van der Waals surface area contributed by atoms with E-state index in [-0.39, 0.29) is 5.78 Å². The number of carbonyl (C=O) groups excluding carboxylic acids is 1. The SMILES string of the molecule is CC(=O)c1ccc2cc(OCCN3CCC(CC4CCCCC4)CC3)ccc2c1. The average Bonchev–Trinajstić information content (AvgIpc) is 2.75. The Bertz CT molecular complexity index is 817. The van der Waals surface area contributed by atoms with Crippen LogP contribution in [0.15, 0.2) is 36.4 Å². The summed E-state index contributed by atoms with van der Waals surface area (Å²) in [6.45, 7) is 5.82. The monoisotopic (exact) mass is 393 g/mol. The van der Waals surface area contributed by atoms with Crippen molar-refractivity contribution in [3.05, 3.63) is 42.0 Å². The van der Waals surface area contributed by atoms with Gasteiger partial charge < -0.3 is 4.74 Å². The number of nitrogens with zero attached hydrogens (tertiary/aromatic N) is 1. The highest BCUT2D eigenvalue weighted by atomic mass is 16.5. The highest BCUT2D eigenvalue weighted by Gasteiger charge is 2.23. The summed E-state index contributed by atoms with van der Waals surface area (Å²) in [5.74, 6) is 2.99. The van der Waals surface area contributed by atoms with E-state index in [0.29, 0.717) is 0 Å². The Morgan fingerprint density at radius 2 is 1.62 bits per heavy atom. The third-order valence-corrected chi connectivity index (χ3v) is 6.99. The molecule has 0 bridgehead atoms. The van der Waals surface area contributed by atoms with Crippen molar-refractivity contribution in [2.75, 3.05) is 26.2 Å². The van der Waals surface area contributed by atoms with Gasteiger partial charge in [0.15, 0.2) is 5.78 Å². The lowest BCUT2D eigenvalue weighted by Gasteiger charge is -2.34. The summed E-state index contributed by atoms with van der Waals surface area (Å²) in [6.07, 6.45) is 11.6. The van der Waals surface area contributed by atoms with Gasteiger partial charge in [0.1, 0.15) is 12.4 Å². The van der Waals surface area contributed by atoms with Crippen molar-refractivity contribution < 1.29 is 9.53 Å². The van der Waals surface area contributed by atoms with Crippen molar-refractivity contribution in [2.24, 2.45) is 11.8 Å². The number of fused-ring (bicyclic) bond motifs is 1. The van der Waals surface area contributed by atoms with Crippen molar-refractivity contribution in [3.63, 3.8) is 0 Å². The molecule has 156 valence electrons. The first-order valence-electron chi connectivity index (χ1n) is 11.6. The third-order valence-electron chi connectivity index (χ3n) is 6.99. The fourth-order valence-electron chi connectivity index (χ4n) is 5.17. The van der Waals surface area contributed by atoms with Gasteiger partial charge >= 0.3 is 0 Å². The number of hydrogen-bond donors (Lipinski definition) is 0. The van der Waals surface area contributed by atoms with Crippen LogP contribution in [0.1, 0.15) is 68.6 Å². The van der Waals surface area contributed by atoms with Crippen LogP contribution in [-0.2, 0) is 0 Å². The van der Waals surface area contributed by atoms with Crippen molar-refractivity contribution in [3.8, 4) is 5.75 Å². The average molecular weight is 394 g/mol. The van der Waals surface area contributed by atoms with Crippen LogP contribution in [-0.4, -0.2) is 36.9 Å². The zero-order chi connectivity index (χ0) is 20.1. The van der Waals surface area contributed by atoms with E-state index >= 15 is 0 Å². The van der Waals surface area contributed by atoms with Crippen LogP contribution in [0.5, 0.6) is 5.75 Å². The minimum absolute atomic E-state index is 0.106. The van der Waals surface area contributed by atoms with E-state index in [9.17, 15) is 4.79 Å². The van der Waals surface area contributed by atoms with E-state index in [1.165, 1.54) is 64.5 Å².